The molecule has 1 aromatic carbocycles. The average molecular weight is 237 g/mol. The Kier molecular flexibility index (Phi) is 2.54. The summed E-state index contributed by atoms with van der Waals surface area (Å²) >= 11 is 3.63. The lowest BCUT2D eigenvalue weighted by Gasteiger charge is -2.06. The first-order valence-corrected chi connectivity index (χ1v) is 5.58. The fourth-order valence-corrected chi connectivity index (χ4v) is 2.50. The van der Waals surface area contributed by atoms with Crippen molar-refractivity contribution in [1.82, 2.24) is 0 Å². The number of hydrogen-bond acceptors (Lipinski definition) is 0. The minimum atomic E-state index is 1.09. The Hall–Kier alpha value is -0.560. The molecule has 0 bridgehead atoms. The molecule has 13 heavy (non-hydrogen) atoms. The van der Waals surface area contributed by atoms with Crippen LogP contribution in [0, 0.1) is 0 Å². The van der Waals surface area contributed by atoms with E-state index in [1.807, 2.05) is 0 Å². The molecule has 0 amide bonds. The van der Waals surface area contributed by atoms with Gasteiger partial charge in [-0.1, -0.05) is 47.5 Å². The number of rotatable bonds is 2. The third kappa shape index (κ3) is 1.71. The highest BCUT2D eigenvalue weighted by Gasteiger charge is 2.09. The van der Waals surface area contributed by atoms with Gasteiger partial charge in [-0.15, -0.1) is 0 Å². The summed E-state index contributed by atoms with van der Waals surface area (Å²) < 4.78 is 1.28. The van der Waals surface area contributed by atoms with Crippen molar-refractivity contribution >= 4 is 22.0 Å². The molecule has 1 aromatic rings. The maximum Gasteiger partial charge on any atom is 0.0219 e. The fraction of sp³-hybridized carbons (Fsp3) is 0.333. The molecule has 0 aromatic heterocycles. The molecule has 0 heterocycles. The van der Waals surface area contributed by atoms with Crippen molar-refractivity contribution in [3.8, 4) is 0 Å². The summed E-state index contributed by atoms with van der Waals surface area (Å²) in [4.78, 5) is 0. The van der Waals surface area contributed by atoms with Crippen LogP contribution in [0.2, 0.25) is 0 Å². The number of halogens is 1. The second kappa shape index (κ2) is 3.67. The van der Waals surface area contributed by atoms with Crippen LogP contribution in [-0.2, 0) is 12.8 Å². The monoisotopic (exact) mass is 236 g/mol. The second-order valence-electron chi connectivity index (χ2n) is 3.50. The third-order valence-electron chi connectivity index (χ3n) is 2.45. The zero-order chi connectivity index (χ0) is 9.26. The van der Waals surface area contributed by atoms with Gasteiger partial charge in [-0.2, -0.15) is 0 Å². The molecular formula is C12H13Br. The van der Waals surface area contributed by atoms with Crippen LogP contribution in [0.5, 0.6) is 0 Å². The summed E-state index contributed by atoms with van der Waals surface area (Å²) in [5, 5.41) is 0. The first-order chi connectivity index (χ1) is 6.31. The largest absolute Gasteiger partial charge is 0.0795 e. The molecule has 0 aliphatic heterocycles. The Balaban J connectivity index is 2.42. The minimum absolute atomic E-state index is 1.09. The molecule has 68 valence electrons. The highest BCUT2D eigenvalue weighted by molar-refractivity contribution is 9.10. The van der Waals surface area contributed by atoms with Crippen molar-refractivity contribution in [2.45, 2.75) is 26.2 Å². The van der Waals surface area contributed by atoms with Gasteiger partial charge in [-0.05, 0) is 35.6 Å². The van der Waals surface area contributed by atoms with E-state index >= 15 is 0 Å². The molecule has 2 rings (SSSR count). The van der Waals surface area contributed by atoms with E-state index in [1.165, 1.54) is 34.0 Å². The van der Waals surface area contributed by atoms with Crippen LogP contribution >= 0.6 is 15.9 Å². The average Bonchev–Trinajstić information content (AvgIpc) is 2.53. The van der Waals surface area contributed by atoms with Crippen LogP contribution in [-0.4, -0.2) is 0 Å². The quantitative estimate of drug-likeness (QED) is 0.730. The molecule has 0 atom stereocenters. The first-order valence-electron chi connectivity index (χ1n) is 4.79. The predicted octanol–water partition coefficient (Wildman–Crippen LogP) is 3.97. The minimum Gasteiger partial charge on any atom is -0.0795 e. The van der Waals surface area contributed by atoms with Gasteiger partial charge in [0, 0.05) is 4.47 Å². The maximum absolute atomic E-state index is 3.63. The number of fused-ring (bicyclic) bond motifs is 1. The van der Waals surface area contributed by atoms with Gasteiger partial charge in [-0.3, -0.25) is 0 Å². The van der Waals surface area contributed by atoms with Gasteiger partial charge >= 0.3 is 0 Å². The van der Waals surface area contributed by atoms with Crippen molar-refractivity contribution < 1.29 is 0 Å². The van der Waals surface area contributed by atoms with Crippen molar-refractivity contribution in [3.05, 3.63) is 39.4 Å². The highest BCUT2D eigenvalue weighted by Crippen LogP contribution is 2.29. The molecule has 0 N–H and O–H groups in total. The molecule has 0 unspecified atom stereocenters. The summed E-state index contributed by atoms with van der Waals surface area (Å²) in [6.07, 6.45) is 7.93. The molecule has 0 saturated carbocycles. The molecule has 0 spiro atoms. The number of aryl methyl sites for hydroxylation is 1. The molecule has 0 nitrogen and oxygen atoms in total. The SMILES string of the molecule is CCCc1cc(Br)c2c(c1)C=CC2. The van der Waals surface area contributed by atoms with Crippen LogP contribution in [0.25, 0.3) is 6.08 Å². The van der Waals surface area contributed by atoms with E-state index in [0.29, 0.717) is 0 Å². The number of benzene rings is 1. The molecule has 0 radical (unpaired) electrons. The summed E-state index contributed by atoms with van der Waals surface area (Å²) in [6.45, 7) is 2.22. The number of allylic oxidation sites excluding steroid dienone is 1. The Morgan fingerprint density at radius 2 is 2.23 bits per heavy atom. The van der Waals surface area contributed by atoms with Gasteiger partial charge in [0.05, 0.1) is 0 Å². The normalized spacial score (nSPS) is 13.4. The van der Waals surface area contributed by atoms with Gasteiger partial charge in [0.25, 0.3) is 0 Å². The summed E-state index contributed by atoms with van der Waals surface area (Å²) in [5.74, 6) is 0. The zero-order valence-corrected chi connectivity index (χ0v) is 9.39. The van der Waals surface area contributed by atoms with E-state index in [0.717, 1.165) is 6.42 Å². The molecule has 0 fully saturated rings. The van der Waals surface area contributed by atoms with E-state index in [9.17, 15) is 0 Å². The molecule has 1 heteroatoms. The standard InChI is InChI=1S/C12H13Br/c1-2-4-9-7-10-5-3-6-11(10)12(13)8-9/h3,5,7-8H,2,4,6H2,1H3. The van der Waals surface area contributed by atoms with E-state index in [2.05, 4.69) is 47.1 Å². The fourth-order valence-electron chi connectivity index (χ4n) is 1.82. The first kappa shape index (κ1) is 9.01. The smallest absolute Gasteiger partial charge is 0.0219 e. The third-order valence-corrected chi connectivity index (χ3v) is 3.16. The maximum atomic E-state index is 3.63. The van der Waals surface area contributed by atoms with Crippen molar-refractivity contribution in [3.63, 3.8) is 0 Å². The van der Waals surface area contributed by atoms with E-state index < -0.39 is 0 Å². The molecular weight excluding hydrogens is 224 g/mol. The van der Waals surface area contributed by atoms with Crippen LogP contribution in [0.4, 0.5) is 0 Å². The predicted molar refractivity (Wildman–Crippen MR) is 60.9 cm³/mol. The van der Waals surface area contributed by atoms with Gasteiger partial charge < -0.3 is 0 Å². The molecule has 0 saturated heterocycles. The Labute approximate surface area is 87.8 Å². The summed E-state index contributed by atoms with van der Waals surface area (Å²) in [5.41, 5.74) is 4.29. The highest BCUT2D eigenvalue weighted by atomic mass is 79.9. The van der Waals surface area contributed by atoms with Gasteiger partial charge in [0.2, 0.25) is 0 Å². The van der Waals surface area contributed by atoms with E-state index in [4.69, 9.17) is 0 Å². The van der Waals surface area contributed by atoms with E-state index in [1.54, 1.807) is 0 Å². The van der Waals surface area contributed by atoms with Gasteiger partial charge in [-0.25, -0.2) is 0 Å². The lowest BCUT2D eigenvalue weighted by molar-refractivity contribution is 0.919. The Bertz CT molecular complexity index is 350. The topological polar surface area (TPSA) is 0 Å². The molecule has 1 aliphatic carbocycles. The second-order valence-corrected chi connectivity index (χ2v) is 4.36. The van der Waals surface area contributed by atoms with Crippen LogP contribution < -0.4 is 0 Å². The summed E-state index contributed by atoms with van der Waals surface area (Å²) in [7, 11) is 0. The van der Waals surface area contributed by atoms with Gasteiger partial charge in [0.15, 0.2) is 0 Å². The van der Waals surface area contributed by atoms with Crippen molar-refractivity contribution in [2.75, 3.05) is 0 Å². The van der Waals surface area contributed by atoms with Crippen molar-refractivity contribution in [2.24, 2.45) is 0 Å². The summed E-state index contributed by atoms with van der Waals surface area (Å²) in [6, 6.07) is 4.57. The Morgan fingerprint density at radius 3 is 3.00 bits per heavy atom. The Morgan fingerprint density at radius 1 is 1.38 bits per heavy atom. The van der Waals surface area contributed by atoms with Crippen LogP contribution in [0.15, 0.2) is 22.7 Å². The zero-order valence-electron chi connectivity index (χ0n) is 7.81. The lowest BCUT2D eigenvalue weighted by Crippen LogP contribution is -1.89. The van der Waals surface area contributed by atoms with Crippen molar-refractivity contribution in [1.29, 1.82) is 0 Å². The number of hydrogen-bond donors (Lipinski definition) is 0. The van der Waals surface area contributed by atoms with Crippen LogP contribution in [0.1, 0.15) is 30.0 Å². The van der Waals surface area contributed by atoms with E-state index in [-0.39, 0.29) is 0 Å². The molecule has 1 aliphatic rings. The van der Waals surface area contributed by atoms with Crippen LogP contribution in [0.3, 0.4) is 0 Å². The van der Waals surface area contributed by atoms with Gasteiger partial charge in [0.1, 0.15) is 0 Å². The lowest BCUT2D eigenvalue weighted by atomic mass is 10.0.